The van der Waals surface area contributed by atoms with Crippen molar-refractivity contribution in [3.63, 3.8) is 0 Å². The number of alkyl halides is 1. The number of nitrogens with zero attached hydrogens (tertiary/aromatic N) is 1. The fraction of sp³-hybridized carbons (Fsp3) is 0.640. The van der Waals surface area contributed by atoms with Crippen molar-refractivity contribution < 1.29 is 27.9 Å². The minimum Gasteiger partial charge on any atom is -0.465 e. The predicted octanol–water partition coefficient (Wildman–Crippen LogP) is 16.2. The molecular formula is C50H77Br3N2O6Si2. The second-order valence-corrected chi connectivity index (χ2v) is 32.4. The van der Waals surface area contributed by atoms with Crippen LogP contribution in [0, 0.1) is 0 Å². The van der Waals surface area contributed by atoms with E-state index in [2.05, 4.69) is 131 Å². The van der Waals surface area contributed by atoms with Gasteiger partial charge >= 0.3 is 11.9 Å². The highest BCUT2D eigenvalue weighted by atomic mass is 79.9. The van der Waals surface area contributed by atoms with Crippen LogP contribution in [0.4, 0.5) is 0 Å². The van der Waals surface area contributed by atoms with Gasteiger partial charge in [0.2, 0.25) is 0 Å². The number of fused-ring (bicyclic) bond motifs is 2. The summed E-state index contributed by atoms with van der Waals surface area (Å²) in [5.74, 6) is 0.623. The molecule has 63 heavy (non-hydrogen) atoms. The van der Waals surface area contributed by atoms with Crippen LogP contribution >= 0.6 is 47.8 Å². The van der Waals surface area contributed by atoms with Crippen LogP contribution in [0.5, 0.6) is 0 Å². The highest BCUT2D eigenvalue weighted by Crippen LogP contribution is 2.44. The van der Waals surface area contributed by atoms with Crippen LogP contribution in [0.15, 0.2) is 45.6 Å². The molecule has 0 unspecified atom stereocenters. The van der Waals surface area contributed by atoms with Crippen LogP contribution in [0.2, 0.25) is 36.3 Å². The molecule has 2 heterocycles. The van der Waals surface area contributed by atoms with Gasteiger partial charge in [-0.1, -0.05) is 108 Å². The number of H-pyrrole nitrogens is 1. The van der Waals surface area contributed by atoms with Crippen LogP contribution < -0.4 is 0 Å². The smallest absolute Gasteiger partial charge is 0.337 e. The summed E-state index contributed by atoms with van der Waals surface area (Å²) in [6, 6.07) is 11.8. The number of carbonyl (C=O) groups is 2. The van der Waals surface area contributed by atoms with Gasteiger partial charge in [0.05, 0.1) is 40.1 Å². The summed E-state index contributed by atoms with van der Waals surface area (Å²) >= 11 is 11.0. The Labute approximate surface area is 406 Å². The molecule has 0 saturated heterocycles. The van der Waals surface area contributed by atoms with Crippen LogP contribution in [0.1, 0.15) is 162 Å². The number of hydrogen-bond acceptors (Lipinski definition) is 6. The Kier molecular flexibility index (Phi) is 20.4. The maximum absolute atomic E-state index is 12.2. The third-order valence-electron chi connectivity index (χ3n) is 14.0. The molecule has 0 amide bonds. The number of esters is 2. The van der Waals surface area contributed by atoms with Gasteiger partial charge < -0.3 is 27.9 Å². The molecule has 2 saturated carbocycles. The summed E-state index contributed by atoms with van der Waals surface area (Å²) in [5, 5.41) is 4.09. The number of carbonyl (C=O) groups excluding carboxylic acids is 2. The molecule has 8 nitrogen and oxygen atoms in total. The zero-order valence-electron chi connectivity index (χ0n) is 40.5. The van der Waals surface area contributed by atoms with Crippen molar-refractivity contribution >= 4 is 98.2 Å². The quantitative estimate of drug-likeness (QED) is 0.0621. The Morgan fingerprint density at radius 2 is 1.14 bits per heavy atom. The maximum Gasteiger partial charge on any atom is 0.337 e. The number of hydrogen-bond donors (Lipinski definition) is 1. The summed E-state index contributed by atoms with van der Waals surface area (Å²) in [6.45, 7) is 25.4. The summed E-state index contributed by atoms with van der Waals surface area (Å²) in [4.78, 5) is 27.1. The monoisotopic (exact) mass is 1090 g/mol. The Balaban J connectivity index is 0.000000232. The number of aryl methyl sites for hydroxylation is 1. The first-order valence-electron chi connectivity index (χ1n) is 23.2. The first kappa shape index (κ1) is 53.9. The van der Waals surface area contributed by atoms with Crippen molar-refractivity contribution in [3.05, 3.63) is 67.9 Å². The van der Waals surface area contributed by atoms with Gasteiger partial charge in [-0.3, -0.25) is 0 Å². The second kappa shape index (κ2) is 23.8. The average Bonchev–Trinajstić information content (AvgIpc) is 3.72. The fourth-order valence-electron chi connectivity index (χ4n) is 8.17. The normalized spacial score (nSPS) is 15.7. The van der Waals surface area contributed by atoms with Crippen LogP contribution in [-0.4, -0.2) is 70.9 Å². The van der Waals surface area contributed by atoms with Gasteiger partial charge in [0.15, 0.2) is 16.6 Å². The van der Waals surface area contributed by atoms with Crippen molar-refractivity contribution in [2.45, 2.75) is 173 Å². The molecule has 4 aromatic rings. The van der Waals surface area contributed by atoms with Crippen molar-refractivity contribution in [1.29, 1.82) is 0 Å². The molecule has 0 spiro atoms. The number of halogens is 3. The van der Waals surface area contributed by atoms with E-state index in [-0.39, 0.29) is 17.0 Å². The predicted molar refractivity (Wildman–Crippen MR) is 279 cm³/mol. The van der Waals surface area contributed by atoms with E-state index in [1.54, 1.807) is 0 Å². The molecule has 1 N–H and O–H groups in total. The number of nitrogens with one attached hydrogen (secondary N) is 1. The van der Waals surface area contributed by atoms with Gasteiger partial charge in [0.25, 0.3) is 0 Å². The van der Waals surface area contributed by atoms with Crippen molar-refractivity contribution in [2.24, 2.45) is 0 Å². The zero-order valence-corrected chi connectivity index (χ0v) is 47.2. The highest BCUT2D eigenvalue weighted by molar-refractivity contribution is 9.10. The maximum atomic E-state index is 12.2. The minimum atomic E-state index is -1.74. The molecule has 13 heteroatoms. The molecule has 0 atom stereocenters. The van der Waals surface area contributed by atoms with E-state index in [9.17, 15) is 9.59 Å². The van der Waals surface area contributed by atoms with Gasteiger partial charge in [0, 0.05) is 41.4 Å². The Hall–Kier alpha value is -1.75. The van der Waals surface area contributed by atoms with E-state index in [0.717, 1.165) is 53.6 Å². The van der Waals surface area contributed by atoms with E-state index in [4.69, 9.17) is 18.3 Å². The molecule has 2 fully saturated rings. The lowest BCUT2D eigenvalue weighted by atomic mass is 9.84. The van der Waals surface area contributed by atoms with E-state index >= 15 is 0 Å². The third kappa shape index (κ3) is 14.1. The lowest BCUT2D eigenvalue weighted by Gasteiger charge is -2.36. The number of ether oxygens (including phenoxy) is 2. The summed E-state index contributed by atoms with van der Waals surface area (Å²) < 4.78 is 26.7. The van der Waals surface area contributed by atoms with Gasteiger partial charge in [-0.05, 0) is 154 Å². The molecule has 352 valence electrons. The van der Waals surface area contributed by atoms with Crippen molar-refractivity contribution in [1.82, 2.24) is 9.55 Å². The van der Waals surface area contributed by atoms with Gasteiger partial charge in [-0.25, -0.2) is 9.59 Å². The molecule has 2 aromatic heterocycles. The molecule has 2 aromatic carbocycles. The zero-order chi connectivity index (χ0) is 46.8. The Morgan fingerprint density at radius 3 is 1.62 bits per heavy atom. The Bertz CT molecular complexity index is 2100. The second-order valence-electron chi connectivity index (χ2n) is 20.5. The lowest BCUT2D eigenvalue weighted by molar-refractivity contribution is 0.0592. The first-order chi connectivity index (χ1) is 29.6. The summed E-state index contributed by atoms with van der Waals surface area (Å²) in [6.07, 6.45) is 15.0. The summed E-state index contributed by atoms with van der Waals surface area (Å²) in [7, 11) is -0.361. The lowest BCUT2D eigenvalue weighted by Crippen LogP contribution is -2.41. The molecular weight excluding hydrogens is 1020 g/mol. The van der Waals surface area contributed by atoms with Gasteiger partial charge in [0.1, 0.15) is 0 Å². The summed E-state index contributed by atoms with van der Waals surface area (Å²) in [5.41, 5.74) is 6.09. The third-order valence-corrected chi connectivity index (χ3v) is 25.2. The highest BCUT2D eigenvalue weighted by Gasteiger charge is 2.38. The average molecular weight is 1100 g/mol. The SMILES string of the molecule is CC(C)(C)[Si](C)(C)OCCCBr.COC(=O)c1ccc2c(C3CCCCC3)c(Br)[nH]c2c1.COC(=O)c1ccc2c(C3CCCCC3)c(Br)n(CCCO[Si](C)(C)C(C)(C)C)c2c1. The number of methoxy groups -OCH3 is 2. The molecule has 0 bridgehead atoms. The van der Waals surface area contributed by atoms with Gasteiger partial charge in [-0.15, -0.1) is 0 Å². The number of rotatable bonds is 13. The van der Waals surface area contributed by atoms with Crippen LogP contribution in [0.3, 0.4) is 0 Å². The molecule has 2 aliphatic rings. The van der Waals surface area contributed by atoms with Gasteiger partial charge in [-0.2, -0.15) is 0 Å². The van der Waals surface area contributed by atoms with Crippen molar-refractivity contribution in [3.8, 4) is 0 Å². The van der Waals surface area contributed by atoms with E-state index in [1.165, 1.54) is 105 Å². The minimum absolute atomic E-state index is 0.220. The standard InChI is InChI=1S/C25H38BrNO3Si.C16H18BrNO2.C9H21BrOSi/c1-25(2,3)31(5,6)30-16-10-15-27-21-17-19(24(28)29-4)13-14-20(21)22(23(27)26)18-11-8-7-9-12-18;1-20-16(19)11-7-8-12-13(9-11)18-15(17)14(12)10-5-3-2-4-6-10;1-9(2,3)12(4,5)11-8-6-7-10/h13-14,17-18H,7-12,15-16H2,1-6H3;7-10,18H,2-6H2,1H3;6-8H2,1-5H3. The fourth-order valence-corrected chi connectivity index (χ4v) is 12.2. The molecule has 0 radical (unpaired) electrons. The van der Waals surface area contributed by atoms with E-state index in [1.807, 2.05) is 30.3 Å². The number of aromatic nitrogens is 2. The topological polar surface area (TPSA) is 91.8 Å². The largest absolute Gasteiger partial charge is 0.465 e. The number of aromatic amines is 1. The van der Waals surface area contributed by atoms with Crippen LogP contribution in [-0.2, 0) is 24.9 Å². The van der Waals surface area contributed by atoms with E-state index < -0.39 is 16.6 Å². The molecule has 2 aliphatic carbocycles. The number of benzene rings is 2. The van der Waals surface area contributed by atoms with Crippen LogP contribution in [0.25, 0.3) is 21.8 Å². The van der Waals surface area contributed by atoms with Crippen molar-refractivity contribution in [2.75, 3.05) is 32.8 Å². The molecule has 6 rings (SSSR count). The Morgan fingerprint density at radius 1 is 0.683 bits per heavy atom. The van der Waals surface area contributed by atoms with E-state index in [0.29, 0.717) is 28.0 Å². The first-order valence-corrected chi connectivity index (χ1v) is 31.7. The molecule has 0 aliphatic heterocycles.